The van der Waals surface area contributed by atoms with Crippen molar-refractivity contribution in [3.63, 3.8) is 0 Å². The quantitative estimate of drug-likeness (QED) is 0.920. The zero-order valence-electron chi connectivity index (χ0n) is 11.2. The zero-order valence-corrected chi connectivity index (χ0v) is 11.2. The maximum Gasteiger partial charge on any atom is 0.415 e. The Labute approximate surface area is 121 Å². The van der Waals surface area contributed by atoms with Crippen molar-refractivity contribution in [2.24, 2.45) is 0 Å². The predicted molar refractivity (Wildman–Crippen MR) is 75.1 cm³/mol. The second-order valence-electron chi connectivity index (χ2n) is 4.83. The molecule has 2 aromatic carbocycles. The number of benzene rings is 2. The maximum atomic E-state index is 12.1. The van der Waals surface area contributed by atoms with Gasteiger partial charge in [-0.15, -0.1) is 0 Å². The molecule has 5 heteroatoms. The second kappa shape index (κ2) is 5.28. The van der Waals surface area contributed by atoms with Gasteiger partial charge in [-0.3, -0.25) is 4.90 Å². The third-order valence-electron chi connectivity index (χ3n) is 3.38. The number of hydrogen-bond acceptors (Lipinski definition) is 3. The Morgan fingerprint density at radius 3 is 2.43 bits per heavy atom. The van der Waals surface area contributed by atoms with Crippen LogP contribution in [0.4, 0.5) is 4.79 Å². The first-order chi connectivity index (χ1) is 10.1. The van der Waals surface area contributed by atoms with E-state index in [-0.39, 0.29) is 5.56 Å². The summed E-state index contributed by atoms with van der Waals surface area (Å²) in [6, 6.07) is 13.7. The van der Waals surface area contributed by atoms with Crippen molar-refractivity contribution in [2.75, 3.05) is 0 Å². The van der Waals surface area contributed by atoms with Crippen LogP contribution in [-0.4, -0.2) is 22.1 Å². The van der Waals surface area contributed by atoms with Crippen molar-refractivity contribution >= 4 is 12.1 Å². The minimum atomic E-state index is -0.969. The van der Waals surface area contributed by atoms with Gasteiger partial charge in [0.05, 0.1) is 5.56 Å². The molecule has 21 heavy (non-hydrogen) atoms. The first-order valence-electron chi connectivity index (χ1n) is 6.50. The van der Waals surface area contributed by atoms with Crippen molar-refractivity contribution < 1.29 is 19.4 Å². The van der Waals surface area contributed by atoms with Crippen LogP contribution < -0.4 is 4.74 Å². The average Bonchev–Trinajstić information content (AvgIpc) is 2.91. The first-order valence-corrected chi connectivity index (χ1v) is 6.50. The minimum Gasteiger partial charge on any atom is -0.478 e. The molecule has 3 rings (SSSR count). The Kier molecular flexibility index (Phi) is 3.31. The highest BCUT2D eigenvalue weighted by Gasteiger charge is 2.25. The molecule has 0 saturated carbocycles. The number of nitrogens with zero attached hydrogens (tertiary/aromatic N) is 1. The van der Waals surface area contributed by atoms with E-state index in [1.165, 1.54) is 0 Å². The number of hydrogen-bond donors (Lipinski definition) is 1. The number of carbonyl (C=O) groups is 2. The van der Waals surface area contributed by atoms with Crippen molar-refractivity contribution in [1.82, 2.24) is 4.90 Å². The van der Waals surface area contributed by atoms with Crippen molar-refractivity contribution in [1.29, 1.82) is 0 Å². The highest BCUT2D eigenvalue weighted by Crippen LogP contribution is 2.25. The summed E-state index contributed by atoms with van der Waals surface area (Å²) < 4.78 is 5.28. The van der Waals surface area contributed by atoms with Gasteiger partial charge < -0.3 is 9.84 Å². The summed E-state index contributed by atoms with van der Waals surface area (Å²) >= 11 is 0. The Morgan fingerprint density at radius 1 is 1.00 bits per heavy atom. The molecule has 1 aliphatic heterocycles. The number of amides is 1. The molecule has 0 radical (unpaired) electrons. The van der Waals surface area contributed by atoms with Gasteiger partial charge in [0.15, 0.2) is 0 Å². The van der Waals surface area contributed by atoms with E-state index in [2.05, 4.69) is 0 Å². The molecular formula is C16H13NO4. The highest BCUT2D eigenvalue weighted by molar-refractivity contribution is 5.88. The summed E-state index contributed by atoms with van der Waals surface area (Å²) in [6.45, 7) is 0.795. The van der Waals surface area contributed by atoms with E-state index < -0.39 is 12.1 Å². The predicted octanol–water partition coefficient (Wildman–Crippen LogP) is 2.90. The first kappa shape index (κ1) is 13.2. The second-order valence-corrected chi connectivity index (χ2v) is 4.83. The Hall–Kier alpha value is -2.82. The molecule has 1 N–H and O–H groups in total. The number of rotatable bonds is 2. The lowest BCUT2D eigenvalue weighted by Gasteiger charge is -2.14. The molecule has 1 heterocycles. The molecule has 0 bridgehead atoms. The third-order valence-corrected chi connectivity index (χ3v) is 3.38. The van der Waals surface area contributed by atoms with Crippen molar-refractivity contribution in [3.05, 3.63) is 65.2 Å². The van der Waals surface area contributed by atoms with Gasteiger partial charge in [0, 0.05) is 13.1 Å². The Morgan fingerprint density at radius 2 is 1.71 bits per heavy atom. The number of fused-ring (bicyclic) bond motifs is 1. The fraction of sp³-hybridized carbons (Fsp3) is 0.125. The van der Waals surface area contributed by atoms with E-state index in [0.717, 1.165) is 11.1 Å². The van der Waals surface area contributed by atoms with Crippen LogP contribution in [0.5, 0.6) is 5.75 Å². The lowest BCUT2D eigenvalue weighted by atomic mass is 10.1. The van der Waals surface area contributed by atoms with Crippen LogP contribution >= 0.6 is 0 Å². The maximum absolute atomic E-state index is 12.1. The molecular weight excluding hydrogens is 270 g/mol. The van der Waals surface area contributed by atoms with Gasteiger partial charge in [-0.1, -0.05) is 24.3 Å². The highest BCUT2D eigenvalue weighted by atomic mass is 16.6. The van der Waals surface area contributed by atoms with E-state index >= 15 is 0 Å². The molecule has 106 valence electrons. The van der Waals surface area contributed by atoms with Crippen molar-refractivity contribution in [3.8, 4) is 5.75 Å². The summed E-state index contributed by atoms with van der Waals surface area (Å²) in [5, 5.41) is 8.98. The van der Waals surface area contributed by atoms with E-state index in [1.54, 1.807) is 47.4 Å². The lowest BCUT2D eigenvalue weighted by molar-refractivity contribution is 0.0696. The number of aromatic carboxylic acids is 1. The molecule has 2 aromatic rings. The molecule has 5 nitrogen and oxygen atoms in total. The van der Waals surface area contributed by atoms with Crippen LogP contribution in [0.2, 0.25) is 0 Å². The van der Waals surface area contributed by atoms with E-state index in [4.69, 9.17) is 9.84 Å². The van der Waals surface area contributed by atoms with Gasteiger partial charge >= 0.3 is 12.1 Å². The number of ether oxygens (including phenoxy) is 1. The summed E-state index contributed by atoms with van der Waals surface area (Å²) in [5.74, 6) is -0.479. The van der Waals surface area contributed by atoms with Gasteiger partial charge in [0.25, 0.3) is 0 Å². The normalized spacial score (nSPS) is 12.9. The van der Waals surface area contributed by atoms with E-state index in [0.29, 0.717) is 18.8 Å². The summed E-state index contributed by atoms with van der Waals surface area (Å²) in [5.41, 5.74) is 2.02. The van der Waals surface area contributed by atoms with Crippen LogP contribution in [0.1, 0.15) is 21.5 Å². The molecule has 0 saturated heterocycles. The molecule has 0 atom stereocenters. The van der Waals surface area contributed by atoms with Crippen LogP contribution in [0, 0.1) is 0 Å². The largest absolute Gasteiger partial charge is 0.478 e. The standard InChI is InChI=1S/C16H13NO4/c18-15(19)11-6-7-12-9-17(10-13(12)8-11)16(20)21-14-4-2-1-3-5-14/h1-8H,9-10H2,(H,18,19). The molecule has 1 aliphatic rings. The zero-order chi connectivity index (χ0) is 14.8. The van der Waals surface area contributed by atoms with Crippen LogP contribution in [-0.2, 0) is 13.1 Å². The summed E-state index contributed by atoms with van der Waals surface area (Å²) in [6.07, 6.45) is -0.436. The number of para-hydroxylation sites is 1. The third kappa shape index (κ3) is 2.72. The number of carboxylic acid groups (broad SMARTS) is 1. The molecule has 0 aliphatic carbocycles. The van der Waals surface area contributed by atoms with Crippen molar-refractivity contribution in [2.45, 2.75) is 13.1 Å². The van der Waals surface area contributed by atoms with E-state index in [1.807, 2.05) is 6.07 Å². The van der Waals surface area contributed by atoms with Crippen LogP contribution in [0.15, 0.2) is 48.5 Å². The smallest absolute Gasteiger partial charge is 0.415 e. The Bertz CT molecular complexity index is 697. The van der Waals surface area contributed by atoms with E-state index in [9.17, 15) is 9.59 Å². The minimum absolute atomic E-state index is 0.229. The van der Waals surface area contributed by atoms with Gasteiger partial charge in [0.2, 0.25) is 0 Å². The molecule has 0 unspecified atom stereocenters. The van der Waals surface area contributed by atoms with Gasteiger partial charge in [-0.2, -0.15) is 0 Å². The average molecular weight is 283 g/mol. The summed E-state index contributed by atoms with van der Waals surface area (Å²) in [4.78, 5) is 24.6. The fourth-order valence-corrected chi connectivity index (χ4v) is 2.31. The van der Waals surface area contributed by atoms with Crippen LogP contribution in [0.3, 0.4) is 0 Å². The topological polar surface area (TPSA) is 66.8 Å². The van der Waals surface area contributed by atoms with Gasteiger partial charge in [-0.05, 0) is 35.4 Å². The summed E-state index contributed by atoms with van der Waals surface area (Å²) in [7, 11) is 0. The monoisotopic (exact) mass is 283 g/mol. The Balaban J connectivity index is 1.72. The van der Waals surface area contributed by atoms with Crippen LogP contribution in [0.25, 0.3) is 0 Å². The van der Waals surface area contributed by atoms with Gasteiger partial charge in [-0.25, -0.2) is 9.59 Å². The molecule has 0 aromatic heterocycles. The molecule has 0 spiro atoms. The fourth-order valence-electron chi connectivity index (χ4n) is 2.31. The lowest BCUT2D eigenvalue weighted by Crippen LogP contribution is -2.28. The molecule has 0 fully saturated rings. The number of carbonyl (C=O) groups excluding carboxylic acids is 1. The molecule has 1 amide bonds. The van der Waals surface area contributed by atoms with Gasteiger partial charge in [0.1, 0.15) is 5.75 Å². The SMILES string of the molecule is O=C(O)c1ccc2c(c1)CN(C(=O)Oc1ccccc1)C2. The number of carboxylic acids is 1.